The van der Waals surface area contributed by atoms with Crippen molar-refractivity contribution in [2.24, 2.45) is 0 Å². The molecule has 0 aliphatic rings. The molecule has 0 spiro atoms. The number of hydrogen-bond donors (Lipinski definition) is 1. The van der Waals surface area contributed by atoms with Crippen molar-refractivity contribution < 1.29 is 22.7 Å². The van der Waals surface area contributed by atoms with Crippen LogP contribution in [0, 0.1) is 0 Å². The highest BCUT2D eigenvalue weighted by molar-refractivity contribution is 7.92. The fourth-order valence-corrected chi connectivity index (χ4v) is 4.41. The van der Waals surface area contributed by atoms with E-state index in [0.29, 0.717) is 12.2 Å². The molecule has 8 nitrogen and oxygen atoms in total. The van der Waals surface area contributed by atoms with Crippen LogP contribution in [-0.2, 0) is 26.2 Å². The molecule has 1 N–H and O–H groups in total. The van der Waals surface area contributed by atoms with Crippen molar-refractivity contribution in [1.29, 1.82) is 0 Å². The highest BCUT2D eigenvalue weighted by Crippen LogP contribution is 2.27. The van der Waals surface area contributed by atoms with Gasteiger partial charge in [0.1, 0.15) is 18.3 Å². The number of nitrogens with one attached hydrogen (secondary N) is 1. The van der Waals surface area contributed by atoms with E-state index in [-0.39, 0.29) is 23.2 Å². The molecule has 0 aliphatic carbocycles. The van der Waals surface area contributed by atoms with Crippen LogP contribution >= 0.6 is 11.6 Å². The van der Waals surface area contributed by atoms with Crippen LogP contribution in [0.3, 0.4) is 0 Å². The van der Waals surface area contributed by atoms with Gasteiger partial charge in [0.15, 0.2) is 0 Å². The molecule has 174 valence electrons. The Morgan fingerprint density at radius 3 is 2.25 bits per heavy atom. The number of amides is 2. The first kappa shape index (κ1) is 25.5. The van der Waals surface area contributed by atoms with E-state index in [2.05, 4.69) is 5.32 Å². The van der Waals surface area contributed by atoms with Crippen molar-refractivity contribution in [1.82, 2.24) is 10.2 Å². The number of benzene rings is 2. The minimum Gasteiger partial charge on any atom is -0.497 e. The van der Waals surface area contributed by atoms with Crippen LogP contribution in [-0.4, -0.2) is 58.1 Å². The number of anilines is 1. The van der Waals surface area contributed by atoms with Gasteiger partial charge in [-0.05, 0) is 36.2 Å². The summed E-state index contributed by atoms with van der Waals surface area (Å²) in [7, 11) is -0.778. The summed E-state index contributed by atoms with van der Waals surface area (Å²) in [5.74, 6) is -0.202. The lowest BCUT2D eigenvalue weighted by molar-refractivity contribution is -0.140. The molecule has 2 aromatic rings. The Labute approximate surface area is 194 Å². The highest BCUT2D eigenvalue weighted by Gasteiger charge is 2.31. The Hall–Kier alpha value is -2.78. The zero-order valence-corrected chi connectivity index (χ0v) is 20.1. The third-order valence-electron chi connectivity index (χ3n) is 4.94. The summed E-state index contributed by atoms with van der Waals surface area (Å²) in [6.45, 7) is 1.41. The van der Waals surface area contributed by atoms with E-state index in [4.69, 9.17) is 16.3 Å². The number of nitrogens with zero attached hydrogens (tertiary/aromatic N) is 2. The largest absolute Gasteiger partial charge is 0.497 e. The maximum Gasteiger partial charge on any atom is 0.244 e. The maximum absolute atomic E-state index is 13.4. The van der Waals surface area contributed by atoms with Gasteiger partial charge in [-0.3, -0.25) is 13.9 Å². The number of methoxy groups -OCH3 is 1. The Bertz CT molecular complexity index is 1040. The number of carbonyl (C=O) groups is 2. The molecule has 2 rings (SSSR count). The van der Waals surface area contributed by atoms with Gasteiger partial charge in [0.25, 0.3) is 0 Å². The number of sulfonamides is 1. The van der Waals surface area contributed by atoms with Crippen molar-refractivity contribution in [3.8, 4) is 5.75 Å². The van der Waals surface area contributed by atoms with Gasteiger partial charge in [-0.1, -0.05) is 42.8 Å². The van der Waals surface area contributed by atoms with E-state index in [1.165, 1.54) is 18.0 Å². The molecular weight excluding hydrogens is 454 g/mol. The van der Waals surface area contributed by atoms with Crippen LogP contribution in [0.4, 0.5) is 5.69 Å². The zero-order chi connectivity index (χ0) is 23.9. The molecule has 0 unspecified atom stereocenters. The molecule has 32 heavy (non-hydrogen) atoms. The minimum absolute atomic E-state index is 0.120. The fraction of sp³-hybridized carbons (Fsp3) is 0.364. The average Bonchev–Trinajstić information content (AvgIpc) is 2.77. The van der Waals surface area contributed by atoms with E-state index in [1.54, 1.807) is 56.5 Å². The molecule has 0 heterocycles. The Morgan fingerprint density at radius 2 is 1.75 bits per heavy atom. The van der Waals surface area contributed by atoms with Crippen molar-refractivity contribution in [2.45, 2.75) is 25.9 Å². The number of para-hydroxylation sites is 1. The SMILES string of the molecule is CC[C@@H](C(=O)NC)N(Cc1ccc(OC)cc1)C(=O)CN(c1ccccc1Cl)S(C)(=O)=O. The summed E-state index contributed by atoms with van der Waals surface area (Å²) in [4.78, 5) is 27.3. The summed E-state index contributed by atoms with van der Waals surface area (Å²) in [6.07, 6.45) is 1.36. The number of likely N-dealkylation sites (N-methyl/N-ethyl adjacent to an activating group) is 1. The van der Waals surface area contributed by atoms with E-state index in [1.807, 2.05) is 0 Å². The summed E-state index contributed by atoms with van der Waals surface area (Å²) < 4.78 is 31.1. The molecule has 0 radical (unpaired) electrons. The normalized spacial score (nSPS) is 12.0. The third-order valence-corrected chi connectivity index (χ3v) is 6.39. The van der Waals surface area contributed by atoms with Crippen LogP contribution in [0.5, 0.6) is 5.75 Å². The second kappa shape index (κ2) is 11.2. The lowest BCUT2D eigenvalue weighted by Gasteiger charge is -2.32. The first-order valence-electron chi connectivity index (χ1n) is 9.98. The Balaban J connectivity index is 2.42. The molecular formula is C22H28ClN3O5S. The van der Waals surface area contributed by atoms with Crippen molar-refractivity contribution in [3.05, 3.63) is 59.1 Å². The van der Waals surface area contributed by atoms with Gasteiger partial charge < -0.3 is 15.0 Å². The molecule has 0 bridgehead atoms. The predicted molar refractivity (Wildman–Crippen MR) is 125 cm³/mol. The van der Waals surface area contributed by atoms with Gasteiger partial charge in [-0.2, -0.15) is 0 Å². The van der Waals surface area contributed by atoms with E-state index >= 15 is 0 Å². The van der Waals surface area contributed by atoms with Gasteiger partial charge >= 0.3 is 0 Å². The summed E-state index contributed by atoms with van der Waals surface area (Å²) in [6, 6.07) is 12.7. The smallest absolute Gasteiger partial charge is 0.244 e. The average molecular weight is 482 g/mol. The van der Waals surface area contributed by atoms with Gasteiger partial charge in [-0.25, -0.2) is 8.42 Å². The third kappa shape index (κ3) is 6.37. The van der Waals surface area contributed by atoms with Crippen molar-refractivity contribution in [2.75, 3.05) is 31.3 Å². The standard InChI is InChI=1S/C22H28ClN3O5S/c1-5-19(22(28)24-2)25(14-16-10-12-17(31-3)13-11-16)21(27)15-26(32(4,29)30)20-9-7-6-8-18(20)23/h6-13,19H,5,14-15H2,1-4H3,(H,24,28)/t19-/m0/s1. The van der Waals surface area contributed by atoms with Gasteiger partial charge in [-0.15, -0.1) is 0 Å². The molecule has 2 amide bonds. The van der Waals surface area contributed by atoms with E-state index in [9.17, 15) is 18.0 Å². The lowest BCUT2D eigenvalue weighted by Crippen LogP contribution is -2.51. The lowest BCUT2D eigenvalue weighted by atomic mass is 10.1. The molecule has 0 aliphatic heterocycles. The molecule has 10 heteroatoms. The predicted octanol–water partition coefficient (Wildman–Crippen LogP) is 2.67. The number of hydrogen-bond acceptors (Lipinski definition) is 5. The Morgan fingerprint density at radius 1 is 1.12 bits per heavy atom. The zero-order valence-electron chi connectivity index (χ0n) is 18.5. The molecule has 0 saturated carbocycles. The summed E-state index contributed by atoms with van der Waals surface area (Å²) in [5.41, 5.74) is 0.965. The van der Waals surface area contributed by atoms with Crippen molar-refractivity contribution >= 4 is 39.1 Å². The molecule has 1 atom stereocenters. The van der Waals surface area contributed by atoms with Crippen LogP contribution in [0.25, 0.3) is 0 Å². The molecule has 0 aromatic heterocycles. The minimum atomic E-state index is -3.82. The molecule has 2 aromatic carbocycles. The quantitative estimate of drug-likeness (QED) is 0.562. The van der Waals surface area contributed by atoms with Crippen LogP contribution < -0.4 is 14.4 Å². The number of ether oxygens (including phenoxy) is 1. The number of halogens is 1. The molecule has 0 saturated heterocycles. The Kier molecular flexibility index (Phi) is 8.91. The van der Waals surface area contributed by atoms with Crippen molar-refractivity contribution in [3.63, 3.8) is 0 Å². The second-order valence-corrected chi connectivity index (χ2v) is 9.44. The summed E-state index contributed by atoms with van der Waals surface area (Å²) in [5, 5.41) is 2.77. The van der Waals surface area contributed by atoms with Crippen LogP contribution in [0.1, 0.15) is 18.9 Å². The number of rotatable bonds is 10. The second-order valence-electron chi connectivity index (χ2n) is 7.13. The fourth-order valence-electron chi connectivity index (χ4n) is 3.26. The highest BCUT2D eigenvalue weighted by atomic mass is 35.5. The molecule has 0 fully saturated rings. The van der Waals surface area contributed by atoms with Crippen LogP contribution in [0.15, 0.2) is 48.5 Å². The van der Waals surface area contributed by atoms with Gasteiger partial charge in [0.05, 0.1) is 24.1 Å². The van der Waals surface area contributed by atoms with E-state index in [0.717, 1.165) is 16.1 Å². The van der Waals surface area contributed by atoms with Gasteiger partial charge in [0, 0.05) is 13.6 Å². The number of carbonyl (C=O) groups excluding carboxylic acids is 2. The van der Waals surface area contributed by atoms with Gasteiger partial charge in [0.2, 0.25) is 21.8 Å². The topological polar surface area (TPSA) is 96.0 Å². The first-order chi connectivity index (χ1) is 15.1. The maximum atomic E-state index is 13.4. The summed E-state index contributed by atoms with van der Waals surface area (Å²) >= 11 is 6.20. The van der Waals surface area contributed by atoms with Crippen LogP contribution in [0.2, 0.25) is 5.02 Å². The monoisotopic (exact) mass is 481 g/mol. The van der Waals surface area contributed by atoms with E-state index < -0.39 is 28.5 Å². The first-order valence-corrected chi connectivity index (χ1v) is 12.2.